The molecule has 0 amide bonds. The summed E-state index contributed by atoms with van der Waals surface area (Å²) in [6.45, 7) is 8.85. The largest absolute Gasteiger partial charge is 0.388 e. The van der Waals surface area contributed by atoms with Crippen molar-refractivity contribution in [2.75, 3.05) is 0 Å². The van der Waals surface area contributed by atoms with Crippen molar-refractivity contribution in [1.82, 2.24) is 4.98 Å². The lowest BCUT2D eigenvalue weighted by Crippen LogP contribution is -2.19. The zero-order valence-corrected chi connectivity index (χ0v) is 12.2. The van der Waals surface area contributed by atoms with E-state index in [0.717, 1.165) is 22.9 Å². The van der Waals surface area contributed by atoms with Gasteiger partial charge in [-0.3, -0.25) is 4.98 Å². The summed E-state index contributed by atoms with van der Waals surface area (Å²) in [6, 6.07) is 9.97. The molecule has 0 saturated carbocycles. The minimum absolute atomic E-state index is 0.222. The third kappa shape index (κ3) is 3.32. The minimum atomic E-state index is -0.404. The van der Waals surface area contributed by atoms with Crippen LogP contribution < -0.4 is 0 Å². The third-order valence-electron chi connectivity index (χ3n) is 4.07. The van der Waals surface area contributed by atoms with Gasteiger partial charge in [0.2, 0.25) is 0 Å². The molecule has 0 aliphatic heterocycles. The van der Waals surface area contributed by atoms with Crippen LogP contribution in [0.5, 0.6) is 0 Å². The summed E-state index contributed by atoms with van der Waals surface area (Å²) in [5.74, 6) is 0.465. The second-order valence-corrected chi connectivity index (χ2v) is 6.47. The van der Waals surface area contributed by atoms with Gasteiger partial charge in [-0.1, -0.05) is 39.8 Å². The molecule has 2 nitrogen and oxygen atoms in total. The Hall–Kier alpha value is -1.41. The average Bonchev–Trinajstić information content (AvgIpc) is 2.37. The van der Waals surface area contributed by atoms with Crippen molar-refractivity contribution in [2.24, 2.45) is 11.3 Å². The molecule has 19 heavy (non-hydrogen) atoms. The van der Waals surface area contributed by atoms with Crippen molar-refractivity contribution < 1.29 is 5.11 Å². The smallest absolute Gasteiger partial charge is 0.0793 e. The van der Waals surface area contributed by atoms with E-state index in [1.165, 1.54) is 0 Å². The van der Waals surface area contributed by atoms with E-state index in [4.69, 9.17) is 0 Å². The van der Waals surface area contributed by atoms with Crippen LogP contribution in [0.25, 0.3) is 10.9 Å². The zero-order valence-electron chi connectivity index (χ0n) is 12.2. The summed E-state index contributed by atoms with van der Waals surface area (Å²) in [5, 5.41) is 11.5. The number of rotatable bonds is 3. The van der Waals surface area contributed by atoms with Crippen LogP contribution in [0.3, 0.4) is 0 Å². The quantitative estimate of drug-likeness (QED) is 0.887. The molecule has 0 bridgehead atoms. The van der Waals surface area contributed by atoms with E-state index in [1.54, 1.807) is 6.20 Å². The van der Waals surface area contributed by atoms with Crippen LogP contribution >= 0.6 is 0 Å². The van der Waals surface area contributed by atoms with Crippen LogP contribution in [0.15, 0.2) is 36.5 Å². The first-order chi connectivity index (χ1) is 8.88. The second kappa shape index (κ2) is 5.30. The molecule has 0 fully saturated rings. The maximum absolute atomic E-state index is 10.4. The molecule has 102 valence electrons. The van der Waals surface area contributed by atoms with Crippen molar-refractivity contribution in [3.8, 4) is 0 Å². The molecule has 0 radical (unpaired) electrons. The number of nitrogens with zero attached hydrogens (tertiary/aromatic N) is 1. The molecule has 0 aliphatic carbocycles. The molecule has 1 N–H and O–H groups in total. The number of hydrogen-bond acceptors (Lipinski definition) is 2. The Kier molecular flexibility index (Phi) is 3.91. The van der Waals surface area contributed by atoms with Gasteiger partial charge in [0, 0.05) is 11.6 Å². The molecule has 0 aliphatic rings. The van der Waals surface area contributed by atoms with Gasteiger partial charge in [0.1, 0.15) is 0 Å². The predicted molar refractivity (Wildman–Crippen MR) is 79.9 cm³/mol. The second-order valence-electron chi connectivity index (χ2n) is 6.47. The summed E-state index contributed by atoms with van der Waals surface area (Å²) in [4.78, 5) is 4.30. The Morgan fingerprint density at radius 1 is 1.21 bits per heavy atom. The van der Waals surface area contributed by atoms with Gasteiger partial charge in [0.05, 0.1) is 11.6 Å². The van der Waals surface area contributed by atoms with Crippen LogP contribution in [0.2, 0.25) is 0 Å². The molecular formula is C17H23NO. The van der Waals surface area contributed by atoms with Gasteiger partial charge in [-0.25, -0.2) is 0 Å². The Morgan fingerprint density at radius 2 is 1.95 bits per heavy atom. The van der Waals surface area contributed by atoms with Gasteiger partial charge in [0.25, 0.3) is 0 Å². The Labute approximate surface area is 115 Å². The normalized spacial score (nSPS) is 15.4. The number of pyridine rings is 1. The first-order valence-electron chi connectivity index (χ1n) is 6.90. The predicted octanol–water partition coefficient (Wildman–Crippen LogP) is 4.34. The van der Waals surface area contributed by atoms with E-state index in [9.17, 15) is 5.11 Å². The zero-order chi connectivity index (χ0) is 14.0. The van der Waals surface area contributed by atoms with E-state index >= 15 is 0 Å². The lowest BCUT2D eigenvalue weighted by Gasteiger charge is -2.29. The van der Waals surface area contributed by atoms with Gasteiger partial charge >= 0.3 is 0 Å². The van der Waals surface area contributed by atoms with Crippen molar-refractivity contribution in [1.29, 1.82) is 0 Å². The van der Waals surface area contributed by atoms with E-state index in [-0.39, 0.29) is 5.41 Å². The SMILES string of the molecule is CC(CC(O)c1ccc2ncccc2c1)C(C)(C)C. The number of hydrogen-bond donors (Lipinski definition) is 1. The number of fused-ring (bicyclic) bond motifs is 1. The fraction of sp³-hybridized carbons (Fsp3) is 0.471. The molecule has 2 heteroatoms. The Balaban J connectivity index is 2.19. The molecule has 1 aromatic heterocycles. The standard InChI is InChI=1S/C17H23NO/c1-12(17(2,3)4)10-16(19)14-7-8-15-13(11-14)6-5-9-18-15/h5-9,11-12,16,19H,10H2,1-4H3. The number of aliphatic hydroxyl groups is 1. The molecular weight excluding hydrogens is 234 g/mol. The van der Waals surface area contributed by atoms with E-state index in [1.807, 2.05) is 30.3 Å². The maximum Gasteiger partial charge on any atom is 0.0793 e. The van der Waals surface area contributed by atoms with Crippen LogP contribution in [-0.4, -0.2) is 10.1 Å². The van der Waals surface area contributed by atoms with Gasteiger partial charge in [-0.05, 0) is 41.5 Å². The summed E-state index contributed by atoms with van der Waals surface area (Å²) in [6.07, 6.45) is 2.17. The van der Waals surface area contributed by atoms with Crippen molar-refractivity contribution in [2.45, 2.75) is 40.2 Å². The molecule has 2 aromatic rings. The average molecular weight is 257 g/mol. The molecule has 1 heterocycles. The fourth-order valence-corrected chi connectivity index (χ4v) is 2.13. The summed E-state index contributed by atoms with van der Waals surface area (Å²) < 4.78 is 0. The van der Waals surface area contributed by atoms with Crippen LogP contribution in [-0.2, 0) is 0 Å². The van der Waals surface area contributed by atoms with E-state index < -0.39 is 6.10 Å². The van der Waals surface area contributed by atoms with Gasteiger partial charge in [0.15, 0.2) is 0 Å². The topological polar surface area (TPSA) is 33.1 Å². The minimum Gasteiger partial charge on any atom is -0.388 e. The molecule has 1 aromatic carbocycles. The van der Waals surface area contributed by atoms with Crippen LogP contribution in [0.4, 0.5) is 0 Å². The highest BCUT2D eigenvalue weighted by Gasteiger charge is 2.23. The fourth-order valence-electron chi connectivity index (χ4n) is 2.13. The molecule has 2 atom stereocenters. The monoisotopic (exact) mass is 257 g/mol. The van der Waals surface area contributed by atoms with Crippen molar-refractivity contribution in [3.05, 3.63) is 42.1 Å². The number of aliphatic hydroxyl groups excluding tert-OH is 1. The van der Waals surface area contributed by atoms with E-state index in [0.29, 0.717) is 5.92 Å². The molecule has 2 unspecified atom stereocenters. The summed E-state index contributed by atoms with van der Waals surface area (Å²) in [5.41, 5.74) is 2.18. The number of aromatic nitrogens is 1. The molecule has 0 spiro atoms. The highest BCUT2D eigenvalue weighted by molar-refractivity contribution is 5.78. The van der Waals surface area contributed by atoms with Gasteiger partial charge < -0.3 is 5.11 Å². The Morgan fingerprint density at radius 3 is 2.63 bits per heavy atom. The molecule has 2 rings (SSSR count). The van der Waals surface area contributed by atoms with Crippen molar-refractivity contribution in [3.63, 3.8) is 0 Å². The summed E-state index contributed by atoms with van der Waals surface area (Å²) >= 11 is 0. The van der Waals surface area contributed by atoms with Crippen LogP contribution in [0.1, 0.15) is 45.8 Å². The highest BCUT2D eigenvalue weighted by atomic mass is 16.3. The number of benzene rings is 1. The lowest BCUT2D eigenvalue weighted by molar-refractivity contribution is 0.111. The highest BCUT2D eigenvalue weighted by Crippen LogP contribution is 2.33. The van der Waals surface area contributed by atoms with Gasteiger partial charge in [-0.15, -0.1) is 0 Å². The third-order valence-corrected chi connectivity index (χ3v) is 4.07. The maximum atomic E-state index is 10.4. The van der Waals surface area contributed by atoms with Crippen LogP contribution in [0, 0.1) is 11.3 Å². The van der Waals surface area contributed by atoms with E-state index in [2.05, 4.69) is 32.7 Å². The van der Waals surface area contributed by atoms with Gasteiger partial charge in [-0.2, -0.15) is 0 Å². The first kappa shape index (κ1) is 14.0. The molecule has 0 saturated heterocycles. The van der Waals surface area contributed by atoms with Crippen molar-refractivity contribution >= 4 is 10.9 Å². The lowest BCUT2D eigenvalue weighted by atomic mass is 9.78. The summed E-state index contributed by atoms with van der Waals surface area (Å²) in [7, 11) is 0. The first-order valence-corrected chi connectivity index (χ1v) is 6.90. The Bertz CT molecular complexity index is 556.